The molecule has 1 heterocycles. The second kappa shape index (κ2) is 5.51. The van der Waals surface area contributed by atoms with E-state index in [4.69, 9.17) is 5.73 Å². The highest BCUT2D eigenvalue weighted by Gasteiger charge is 2.14. The molecule has 0 unspecified atom stereocenters. The third-order valence-corrected chi connectivity index (χ3v) is 4.96. The molecule has 0 aliphatic carbocycles. The van der Waals surface area contributed by atoms with Crippen LogP contribution in [0.5, 0.6) is 0 Å². The van der Waals surface area contributed by atoms with Crippen LogP contribution in [0, 0.1) is 20.8 Å². The van der Waals surface area contributed by atoms with Crippen molar-refractivity contribution in [3.63, 3.8) is 0 Å². The van der Waals surface area contributed by atoms with Crippen molar-refractivity contribution in [2.45, 2.75) is 27.2 Å². The number of aromatic nitrogens is 1. The summed E-state index contributed by atoms with van der Waals surface area (Å²) in [5, 5.41) is 1.08. The first-order valence-corrected chi connectivity index (χ1v) is 7.57. The Kier molecular flexibility index (Phi) is 4.20. The van der Waals surface area contributed by atoms with E-state index in [2.05, 4.69) is 53.8 Å². The van der Waals surface area contributed by atoms with Gasteiger partial charge < -0.3 is 5.73 Å². The maximum absolute atomic E-state index is 5.62. The lowest BCUT2D eigenvalue weighted by Gasteiger charge is -2.08. The molecule has 0 radical (unpaired) electrons. The molecular weight excluding hydrogens is 308 g/mol. The summed E-state index contributed by atoms with van der Waals surface area (Å²) in [6.07, 6.45) is 0.877. The molecule has 96 valence electrons. The fourth-order valence-corrected chi connectivity index (χ4v) is 4.12. The molecule has 0 aliphatic rings. The van der Waals surface area contributed by atoms with Gasteiger partial charge in [0.2, 0.25) is 0 Å². The molecule has 0 fully saturated rings. The van der Waals surface area contributed by atoms with Crippen LogP contribution < -0.4 is 5.73 Å². The van der Waals surface area contributed by atoms with Gasteiger partial charge in [-0.25, -0.2) is 4.98 Å². The van der Waals surface area contributed by atoms with Crippen LogP contribution in [-0.2, 0) is 6.42 Å². The quantitative estimate of drug-likeness (QED) is 0.926. The fourth-order valence-electron chi connectivity index (χ4n) is 2.24. The van der Waals surface area contributed by atoms with Gasteiger partial charge in [-0.3, -0.25) is 0 Å². The average Bonchev–Trinajstić information content (AvgIpc) is 2.59. The molecule has 2 aromatic rings. The topological polar surface area (TPSA) is 38.9 Å². The van der Waals surface area contributed by atoms with Crippen molar-refractivity contribution >= 4 is 27.3 Å². The van der Waals surface area contributed by atoms with Gasteiger partial charge in [0.1, 0.15) is 9.61 Å². The van der Waals surface area contributed by atoms with Crippen LogP contribution in [0.1, 0.15) is 21.6 Å². The number of benzene rings is 1. The fraction of sp³-hybridized carbons (Fsp3) is 0.357. The van der Waals surface area contributed by atoms with Crippen LogP contribution >= 0.6 is 27.3 Å². The minimum atomic E-state index is 0.659. The van der Waals surface area contributed by atoms with Gasteiger partial charge in [0.25, 0.3) is 0 Å². The van der Waals surface area contributed by atoms with Crippen molar-refractivity contribution in [3.8, 4) is 10.6 Å². The number of rotatable bonds is 3. The molecule has 1 aromatic heterocycles. The average molecular weight is 325 g/mol. The van der Waals surface area contributed by atoms with Gasteiger partial charge in [-0.1, -0.05) is 17.7 Å². The van der Waals surface area contributed by atoms with E-state index in [-0.39, 0.29) is 0 Å². The molecule has 0 aliphatic heterocycles. The van der Waals surface area contributed by atoms with Crippen LogP contribution in [0.15, 0.2) is 16.7 Å². The molecule has 0 amide bonds. The summed E-state index contributed by atoms with van der Waals surface area (Å²) in [5.41, 5.74) is 10.7. The maximum atomic E-state index is 5.62. The molecule has 4 heteroatoms. The third kappa shape index (κ3) is 2.66. The van der Waals surface area contributed by atoms with Gasteiger partial charge in [0.05, 0.1) is 0 Å². The predicted octanol–water partition coefficient (Wildman–Crippen LogP) is 4.00. The Hall–Kier alpha value is -0.710. The van der Waals surface area contributed by atoms with Crippen molar-refractivity contribution < 1.29 is 0 Å². The summed E-state index contributed by atoms with van der Waals surface area (Å²) in [4.78, 5) is 5.86. The summed E-state index contributed by atoms with van der Waals surface area (Å²) in [6.45, 7) is 7.08. The molecule has 18 heavy (non-hydrogen) atoms. The molecule has 2 rings (SSSR count). The van der Waals surface area contributed by atoms with Crippen LogP contribution in [0.3, 0.4) is 0 Å². The summed E-state index contributed by atoms with van der Waals surface area (Å²) in [7, 11) is 0. The first-order chi connectivity index (χ1) is 8.52. The molecule has 0 saturated carbocycles. The van der Waals surface area contributed by atoms with Crippen molar-refractivity contribution in [1.29, 1.82) is 0 Å². The first-order valence-electron chi connectivity index (χ1n) is 5.96. The monoisotopic (exact) mass is 324 g/mol. The van der Waals surface area contributed by atoms with E-state index in [0.717, 1.165) is 16.0 Å². The molecule has 1 aromatic carbocycles. The minimum absolute atomic E-state index is 0.659. The lowest BCUT2D eigenvalue weighted by atomic mass is 10.0. The first kappa shape index (κ1) is 13.7. The minimum Gasteiger partial charge on any atom is -0.330 e. The van der Waals surface area contributed by atoms with Crippen LogP contribution in [0.25, 0.3) is 10.6 Å². The summed E-state index contributed by atoms with van der Waals surface area (Å²) in [5.74, 6) is 0. The third-order valence-electron chi connectivity index (χ3n) is 2.91. The molecule has 0 atom stereocenters. The molecule has 0 saturated heterocycles. The molecular formula is C14H17BrN2S. The van der Waals surface area contributed by atoms with Crippen molar-refractivity contribution in [3.05, 3.63) is 38.3 Å². The largest absolute Gasteiger partial charge is 0.330 e. The van der Waals surface area contributed by atoms with Gasteiger partial charge in [-0.05, 0) is 60.8 Å². The van der Waals surface area contributed by atoms with Crippen LogP contribution in [-0.4, -0.2) is 11.5 Å². The lowest BCUT2D eigenvalue weighted by molar-refractivity contribution is 0.977. The predicted molar refractivity (Wildman–Crippen MR) is 82.2 cm³/mol. The lowest BCUT2D eigenvalue weighted by Crippen LogP contribution is -2.01. The Labute approximate surface area is 120 Å². The standard InChI is InChI=1S/C14H17BrN2S/c1-8-6-9(2)12(10(3)7-8)14-17-13(15)11(18-14)4-5-16/h6-7H,4-5,16H2,1-3H3. The number of hydrogen-bond acceptors (Lipinski definition) is 3. The number of nitrogens with zero attached hydrogens (tertiary/aromatic N) is 1. The number of halogens is 1. The zero-order valence-electron chi connectivity index (χ0n) is 10.9. The zero-order valence-corrected chi connectivity index (χ0v) is 13.3. The van der Waals surface area contributed by atoms with E-state index >= 15 is 0 Å². The Bertz CT molecular complexity index is 552. The SMILES string of the molecule is Cc1cc(C)c(-c2nc(Br)c(CCN)s2)c(C)c1. The van der Waals surface area contributed by atoms with Gasteiger partial charge >= 0.3 is 0 Å². The Morgan fingerprint density at radius 2 is 1.83 bits per heavy atom. The highest BCUT2D eigenvalue weighted by Crippen LogP contribution is 2.35. The zero-order chi connectivity index (χ0) is 13.3. The van der Waals surface area contributed by atoms with E-state index in [9.17, 15) is 0 Å². The number of thiazole rings is 1. The Morgan fingerprint density at radius 3 is 2.39 bits per heavy atom. The summed E-state index contributed by atoms with van der Waals surface area (Å²) in [6, 6.07) is 4.42. The van der Waals surface area contributed by atoms with Gasteiger partial charge in [0, 0.05) is 10.4 Å². The number of hydrogen-bond donors (Lipinski definition) is 1. The summed E-state index contributed by atoms with van der Waals surface area (Å²) >= 11 is 5.26. The molecule has 0 spiro atoms. The van der Waals surface area contributed by atoms with Crippen molar-refractivity contribution in [1.82, 2.24) is 4.98 Å². The highest BCUT2D eigenvalue weighted by molar-refractivity contribution is 9.10. The molecule has 2 nitrogen and oxygen atoms in total. The number of nitrogens with two attached hydrogens (primary N) is 1. The van der Waals surface area contributed by atoms with E-state index in [1.807, 2.05) is 0 Å². The maximum Gasteiger partial charge on any atom is 0.125 e. The molecule has 0 bridgehead atoms. The van der Waals surface area contributed by atoms with Gasteiger partial charge in [0.15, 0.2) is 0 Å². The molecule has 2 N–H and O–H groups in total. The number of aryl methyl sites for hydroxylation is 3. The van der Waals surface area contributed by atoms with Gasteiger partial charge in [-0.15, -0.1) is 11.3 Å². The normalized spacial score (nSPS) is 10.9. The Balaban J connectivity index is 2.52. The van der Waals surface area contributed by atoms with Crippen molar-refractivity contribution in [2.75, 3.05) is 6.54 Å². The van der Waals surface area contributed by atoms with E-state index in [0.29, 0.717) is 6.54 Å². The second-order valence-electron chi connectivity index (χ2n) is 4.55. The van der Waals surface area contributed by atoms with E-state index in [1.54, 1.807) is 11.3 Å². The second-order valence-corrected chi connectivity index (χ2v) is 6.38. The van der Waals surface area contributed by atoms with Crippen molar-refractivity contribution in [2.24, 2.45) is 5.73 Å². The van der Waals surface area contributed by atoms with E-state index in [1.165, 1.54) is 27.1 Å². The van der Waals surface area contributed by atoms with Crippen LogP contribution in [0.4, 0.5) is 0 Å². The summed E-state index contributed by atoms with van der Waals surface area (Å²) < 4.78 is 0.937. The Morgan fingerprint density at radius 1 is 1.22 bits per heavy atom. The highest BCUT2D eigenvalue weighted by atomic mass is 79.9. The smallest absolute Gasteiger partial charge is 0.125 e. The van der Waals surface area contributed by atoms with E-state index < -0.39 is 0 Å². The van der Waals surface area contributed by atoms with Crippen LogP contribution in [0.2, 0.25) is 0 Å². The van der Waals surface area contributed by atoms with Gasteiger partial charge in [-0.2, -0.15) is 0 Å².